The highest BCUT2D eigenvalue weighted by molar-refractivity contribution is 5.86. The number of hydrogen-bond acceptors (Lipinski definition) is 5. The minimum absolute atomic E-state index is 0.0218. The Morgan fingerprint density at radius 1 is 1.19 bits per heavy atom. The Labute approximate surface area is 158 Å². The molecule has 0 radical (unpaired) electrons. The van der Waals surface area contributed by atoms with Crippen LogP contribution in [0.5, 0.6) is 0 Å². The third kappa shape index (κ3) is 8.72. The van der Waals surface area contributed by atoms with Crippen LogP contribution in [0.3, 0.4) is 0 Å². The molecule has 0 aromatic heterocycles. The Balaban J connectivity index is 2.36. The fraction of sp³-hybridized carbons (Fsp3) is 0.474. The lowest BCUT2D eigenvalue weighted by molar-refractivity contribution is -0.384. The molecule has 146 valence electrons. The van der Waals surface area contributed by atoms with Crippen LogP contribution in [-0.2, 0) is 4.74 Å². The minimum Gasteiger partial charge on any atom is -0.465 e. The zero-order chi connectivity index (χ0) is 20.4. The molecule has 0 aliphatic heterocycles. The Kier molecular flexibility index (Phi) is 8.27. The van der Waals surface area contributed by atoms with Gasteiger partial charge in [-0.25, -0.2) is 14.5 Å². The summed E-state index contributed by atoms with van der Waals surface area (Å²) in [5.74, 6) is 5.90. The first-order valence-corrected chi connectivity index (χ1v) is 8.57. The van der Waals surface area contributed by atoms with E-state index in [0.29, 0.717) is 29.7 Å². The zero-order valence-electron chi connectivity index (χ0n) is 15.7. The summed E-state index contributed by atoms with van der Waals surface area (Å²) in [6.45, 7) is 5.09. The number of imide groups is 1. The molecular formula is C19H24N2O6. The second-order valence-corrected chi connectivity index (χ2v) is 6.83. The van der Waals surface area contributed by atoms with Gasteiger partial charge in [-0.3, -0.25) is 10.1 Å². The average molecular weight is 376 g/mol. The van der Waals surface area contributed by atoms with E-state index in [1.54, 1.807) is 32.9 Å². The summed E-state index contributed by atoms with van der Waals surface area (Å²) in [6.07, 6.45) is 0.389. The zero-order valence-corrected chi connectivity index (χ0v) is 15.7. The van der Waals surface area contributed by atoms with Crippen molar-refractivity contribution in [2.24, 2.45) is 0 Å². The first-order valence-electron chi connectivity index (χ1n) is 8.57. The van der Waals surface area contributed by atoms with Gasteiger partial charge >= 0.3 is 12.2 Å². The molecule has 0 fully saturated rings. The van der Waals surface area contributed by atoms with E-state index in [9.17, 15) is 19.7 Å². The smallest absolute Gasteiger partial charge is 0.419 e. The van der Waals surface area contributed by atoms with Gasteiger partial charge in [0, 0.05) is 30.7 Å². The summed E-state index contributed by atoms with van der Waals surface area (Å²) in [5.41, 5.74) is -0.0331. The van der Waals surface area contributed by atoms with Gasteiger partial charge in [0.2, 0.25) is 0 Å². The molecule has 8 nitrogen and oxygen atoms in total. The van der Waals surface area contributed by atoms with E-state index in [1.165, 1.54) is 12.1 Å². The van der Waals surface area contributed by atoms with Crippen LogP contribution in [0, 0.1) is 22.0 Å². The highest BCUT2D eigenvalue weighted by Crippen LogP contribution is 2.12. The molecular weight excluding hydrogens is 352 g/mol. The van der Waals surface area contributed by atoms with Crippen molar-refractivity contribution in [3.8, 4) is 11.8 Å². The maximum Gasteiger partial charge on any atom is 0.419 e. The number of nitro benzene ring substituents is 1. The van der Waals surface area contributed by atoms with E-state index >= 15 is 0 Å². The van der Waals surface area contributed by atoms with Crippen LogP contribution < -0.4 is 0 Å². The number of carboxylic acid groups (broad SMARTS) is 1. The van der Waals surface area contributed by atoms with Crippen molar-refractivity contribution in [2.45, 2.75) is 52.1 Å². The highest BCUT2D eigenvalue weighted by atomic mass is 16.6. The molecule has 0 unspecified atom stereocenters. The Hall–Kier alpha value is -3.08. The number of amides is 2. The lowest BCUT2D eigenvalue weighted by Gasteiger charge is -2.24. The van der Waals surface area contributed by atoms with Crippen LogP contribution in [0.15, 0.2) is 24.3 Å². The van der Waals surface area contributed by atoms with E-state index in [2.05, 4.69) is 11.8 Å². The van der Waals surface area contributed by atoms with E-state index in [4.69, 9.17) is 9.84 Å². The number of non-ortho nitro benzene ring substituents is 1. The minimum atomic E-state index is -1.33. The van der Waals surface area contributed by atoms with Crippen molar-refractivity contribution in [3.05, 3.63) is 39.9 Å². The van der Waals surface area contributed by atoms with Crippen LogP contribution in [0.2, 0.25) is 0 Å². The Morgan fingerprint density at radius 2 is 1.81 bits per heavy atom. The molecule has 27 heavy (non-hydrogen) atoms. The van der Waals surface area contributed by atoms with Crippen LogP contribution >= 0.6 is 0 Å². The monoisotopic (exact) mass is 376 g/mol. The van der Waals surface area contributed by atoms with Gasteiger partial charge in [0.1, 0.15) is 5.60 Å². The molecule has 0 aliphatic carbocycles. The third-order valence-electron chi connectivity index (χ3n) is 3.34. The van der Waals surface area contributed by atoms with Gasteiger partial charge in [-0.05, 0) is 45.7 Å². The van der Waals surface area contributed by atoms with Gasteiger partial charge in [-0.1, -0.05) is 18.3 Å². The molecule has 0 bridgehead atoms. The lowest BCUT2D eigenvalue weighted by Crippen LogP contribution is -2.40. The van der Waals surface area contributed by atoms with Gasteiger partial charge in [-0.15, -0.1) is 0 Å². The van der Waals surface area contributed by atoms with Gasteiger partial charge in [0.05, 0.1) is 4.92 Å². The fourth-order valence-electron chi connectivity index (χ4n) is 2.07. The third-order valence-corrected chi connectivity index (χ3v) is 3.34. The Morgan fingerprint density at radius 3 is 2.33 bits per heavy atom. The molecule has 2 amide bonds. The van der Waals surface area contributed by atoms with E-state index < -0.39 is 22.7 Å². The summed E-state index contributed by atoms with van der Waals surface area (Å²) >= 11 is 0. The molecule has 0 aliphatic rings. The predicted octanol–water partition coefficient (Wildman–Crippen LogP) is 4.42. The molecule has 0 heterocycles. The SMILES string of the molecule is CC(C)(C)OC(=O)N(CCCCCC#Cc1ccc([N+](=O)[O-])cc1)C(=O)O. The standard InChI is InChI=1S/C19H24N2O6/c1-19(2,3)27-18(24)20(17(22)23)14-8-6-4-5-7-9-15-10-12-16(13-11-15)21(25)26/h10-13H,4-6,8,14H2,1-3H3,(H,22,23). The fourth-order valence-corrected chi connectivity index (χ4v) is 2.07. The molecule has 0 atom stereocenters. The summed E-state index contributed by atoms with van der Waals surface area (Å²) in [4.78, 5) is 33.8. The first kappa shape index (κ1) is 22.0. The Bertz CT molecular complexity index is 725. The number of unbranched alkanes of at least 4 members (excludes halogenated alkanes) is 3. The first-order chi connectivity index (χ1) is 12.6. The quantitative estimate of drug-likeness (QED) is 0.340. The number of rotatable bonds is 6. The second-order valence-electron chi connectivity index (χ2n) is 6.83. The van der Waals surface area contributed by atoms with E-state index in [-0.39, 0.29) is 12.2 Å². The number of benzene rings is 1. The lowest BCUT2D eigenvalue weighted by atomic mass is 10.1. The van der Waals surface area contributed by atoms with E-state index in [1.807, 2.05) is 0 Å². The van der Waals surface area contributed by atoms with Crippen LogP contribution in [0.1, 0.15) is 52.0 Å². The molecule has 8 heteroatoms. The van der Waals surface area contributed by atoms with Crippen LogP contribution in [0.25, 0.3) is 0 Å². The molecule has 0 saturated carbocycles. The van der Waals surface area contributed by atoms with Gasteiger partial charge < -0.3 is 9.84 Å². The summed E-state index contributed by atoms with van der Waals surface area (Å²) in [7, 11) is 0. The van der Waals surface area contributed by atoms with Crippen molar-refractivity contribution in [1.29, 1.82) is 0 Å². The highest BCUT2D eigenvalue weighted by Gasteiger charge is 2.26. The van der Waals surface area contributed by atoms with Crippen molar-refractivity contribution in [1.82, 2.24) is 4.90 Å². The average Bonchev–Trinajstić information content (AvgIpc) is 2.55. The van der Waals surface area contributed by atoms with Crippen molar-refractivity contribution < 1.29 is 24.4 Å². The van der Waals surface area contributed by atoms with Crippen molar-refractivity contribution >= 4 is 17.9 Å². The normalized spacial score (nSPS) is 10.5. The van der Waals surface area contributed by atoms with Gasteiger partial charge in [-0.2, -0.15) is 0 Å². The summed E-state index contributed by atoms with van der Waals surface area (Å²) in [6, 6.07) is 6.00. The van der Waals surface area contributed by atoms with Crippen LogP contribution in [0.4, 0.5) is 15.3 Å². The van der Waals surface area contributed by atoms with Gasteiger partial charge in [0.25, 0.3) is 5.69 Å². The second kappa shape index (κ2) is 10.2. The number of hydrogen-bond donors (Lipinski definition) is 1. The summed E-state index contributed by atoms with van der Waals surface area (Å²) < 4.78 is 5.07. The largest absolute Gasteiger partial charge is 0.465 e. The molecule has 1 aromatic carbocycles. The predicted molar refractivity (Wildman–Crippen MR) is 99.4 cm³/mol. The van der Waals surface area contributed by atoms with Crippen molar-refractivity contribution in [3.63, 3.8) is 0 Å². The molecule has 1 aromatic rings. The molecule has 1 rings (SSSR count). The number of carbonyl (C=O) groups excluding carboxylic acids is 1. The summed E-state index contributed by atoms with van der Waals surface area (Å²) in [5, 5.41) is 19.7. The van der Waals surface area contributed by atoms with Gasteiger partial charge in [0.15, 0.2) is 0 Å². The number of nitro groups is 1. The van der Waals surface area contributed by atoms with Crippen molar-refractivity contribution in [2.75, 3.05) is 6.54 Å². The number of carbonyl (C=O) groups is 2. The van der Waals surface area contributed by atoms with Crippen LogP contribution in [-0.4, -0.2) is 39.3 Å². The molecule has 1 N–H and O–H groups in total. The topological polar surface area (TPSA) is 110 Å². The maximum atomic E-state index is 11.8. The van der Waals surface area contributed by atoms with E-state index in [0.717, 1.165) is 6.42 Å². The molecule has 0 saturated heterocycles. The number of nitrogens with zero attached hydrogens (tertiary/aromatic N) is 2. The maximum absolute atomic E-state index is 11.8. The number of ether oxygens (including phenoxy) is 1. The molecule has 0 spiro atoms.